The number of methoxy groups -OCH3 is 1. The van der Waals surface area contributed by atoms with Crippen LogP contribution in [-0.2, 0) is 11.3 Å². The lowest BCUT2D eigenvalue weighted by Crippen LogP contribution is -1.98. The van der Waals surface area contributed by atoms with Crippen molar-refractivity contribution < 1.29 is 9.47 Å². The van der Waals surface area contributed by atoms with Crippen molar-refractivity contribution in [1.29, 1.82) is 5.26 Å². The van der Waals surface area contributed by atoms with Gasteiger partial charge in [-0.25, -0.2) is 0 Å². The number of benzene rings is 1. The predicted octanol–water partition coefficient (Wildman–Crippen LogP) is 2.88. The number of nitrogens with zero attached hydrogens (tertiary/aromatic N) is 1. The zero-order chi connectivity index (χ0) is 11.8. The molecule has 0 fully saturated rings. The van der Waals surface area contributed by atoms with Gasteiger partial charge < -0.3 is 9.47 Å². The fourth-order valence-electron chi connectivity index (χ4n) is 1.39. The average Bonchev–Trinajstić information content (AvgIpc) is 2.34. The van der Waals surface area contributed by atoms with Crippen molar-refractivity contribution in [2.24, 2.45) is 0 Å². The first kappa shape index (κ1) is 12.5. The van der Waals surface area contributed by atoms with Crippen LogP contribution in [0.4, 0.5) is 0 Å². The molecule has 0 spiro atoms. The summed E-state index contributed by atoms with van der Waals surface area (Å²) in [5.74, 6) is 0.774. The van der Waals surface area contributed by atoms with E-state index < -0.39 is 0 Å². The molecule has 0 saturated carbocycles. The highest BCUT2D eigenvalue weighted by Crippen LogP contribution is 2.20. The quantitative estimate of drug-likeness (QED) is 0.691. The molecule has 0 heterocycles. The first-order valence-electron chi connectivity index (χ1n) is 5.46. The van der Waals surface area contributed by atoms with Crippen molar-refractivity contribution >= 4 is 0 Å². The van der Waals surface area contributed by atoms with Crippen molar-refractivity contribution in [2.45, 2.75) is 26.4 Å². The lowest BCUT2D eigenvalue weighted by Gasteiger charge is -2.09. The monoisotopic (exact) mass is 219 g/mol. The molecule has 0 radical (unpaired) electrons. The number of unbranched alkanes of at least 4 members (excludes halogenated alkanes) is 1. The molecule has 3 nitrogen and oxygen atoms in total. The van der Waals surface area contributed by atoms with E-state index in [4.69, 9.17) is 14.7 Å². The topological polar surface area (TPSA) is 42.2 Å². The van der Waals surface area contributed by atoms with Crippen molar-refractivity contribution in [3.63, 3.8) is 0 Å². The number of nitriles is 1. The minimum absolute atomic E-state index is 0.499. The first-order valence-corrected chi connectivity index (χ1v) is 5.46. The second kappa shape index (κ2) is 6.86. The van der Waals surface area contributed by atoms with Crippen LogP contribution in [0, 0.1) is 11.3 Å². The lowest BCUT2D eigenvalue weighted by molar-refractivity contribution is 0.116. The lowest BCUT2D eigenvalue weighted by atomic mass is 10.1. The Morgan fingerprint density at radius 1 is 1.38 bits per heavy atom. The molecular formula is C13H17NO2. The molecule has 0 aliphatic heterocycles. The Morgan fingerprint density at radius 3 is 2.81 bits per heavy atom. The van der Waals surface area contributed by atoms with Gasteiger partial charge in [-0.1, -0.05) is 13.3 Å². The van der Waals surface area contributed by atoms with Crippen LogP contribution >= 0.6 is 0 Å². The van der Waals surface area contributed by atoms with Gasteiger partial charge >= 0.3 is 0 Å². The maximum atomic E-state index is 8.80. The Morgan fingerprint density at radius 2 is 2.19 bits per heavy atom. The number of hydrogen-bond donors (Lipinski definition) is 0. The zero-order valence-electron chi connectivity index (χ0n) is 9.82. The number of hydrogen-bond acceptors (Lipinski definition) is 3. The highest BCUT2D eigenvalue weighted by molar-refractivity contribution is 5.41. The van der Waals surface area contributed by atoms with Gasteiger partial charge in [0.05, 0.1) is 25.3 Å². The summed E-state index contributed by atoms with van der Waals surface area (Å²) in [5, 5.41) is 8.80. The summed E-state index contributed by atoms with van der Waals surface area (Å²) in [4.78, 5) is 0. The molecule has 0 aliphatic carbocycles. The van der Waals surface area contributed by atoms with Crippen molar-refractivity contribution in [3.05, 3.63) is 29.3 Å². The molecule has 1 aromatic carbocycles. The standard InChI is InChI=1S/C13H17NO2/c1-3-4-7-16-10-12-8-11(9-14)5-6-13(12)15-2/h5-6,8H,3-4,7,10H2,1-2H3. The first-order chi connectivity index (χ1) is 7.81. The van der Waals surface area contributed by atoms with E-state index >= 15 is 0 Å². The van der Waals surface area contributed by atoms with E-state index in [0.717, 1.165) is 30.8 Å². The van der Waals surface area contributed by atoms with E-state index in [2.05, 4.69) is 13.0 Å². The number of rotatable bonds is 6. The van der Waals surface area contributed by atoms with Gasteiger partial charge in [-0.05, 0) is 24.6 Å². The number of ether oxygens (including phenoxy) is 2. The normalized spacial score (nSPS) is 9.81. The summed E-state index contributed by atoms with van der Waals surface area (Å²) < 4.78 is 10.7. The molecule has 0 atom stereocenters. The summed E-state index contributed by atoms with van der Waals surface area (Å²) >= 11 is 0. The van der Waals surface area contributed by atoms with Gasteiger partial charge in [-0.15, -0.1) is 0 Å². The van der Waals surface area contributed by atoms with E-state index in [1.807, 2.05) is 6.07 Å². The minimum Gasteiger partial charge on any atom is -0.496 e. The fraction of sp³-hybridized carbons (Fsp3) is 0.462. The van der Waals surface area contributed by atoms with E-state index in [9.17, 15) is 0 Å². The Bertz CT molecular complexity index is 369. The summed E-state index contributed by atoms with van der Waals surface area (Å²) in [7, 11) is 1.62. The largest absolute Gasteiger partial charge is 0.496 e. The van der Waals surface area contributed by atoms with Crippen LogP contribution in [0.1, 0.15) is 30.9 Å². The Kier molecular flexibility index (Phi) is 5.38. The van der Waals surface area contributed by atoms with Crippen LogP contribution in [0.15, 0.2) is 18.2 Å². The van der Waals surface area contributed by atoms with Gasteiger partial charge in [0.25, 0.3) is 0 Å². The van der Waals surface area contributed by atoms with Crippen molar-refractivity contribution in [1.82, 2.24) is 0 Å². The molecule has 1 aromatic rings. The minimum atomic E-state index is 0.499. The summed E-state index contributed by atoms with van der Waals surface area (Å²) in [6.07, 6.45) is 2.18. The van der Waals surface area contributed by atoms with Crippen LogP contribution in [0.2, 0.25) is 0 Å². The third-order valence-corrected chi connectivity index (χ3v) is 2.31. The summed E-state index contributed by atoms with van der Waals surface area (Å²) in [6, 6.07) is 7.47. The molecule has 0 aliphatic rings. The SMILES string of the molecule is CCCCOCc1cc(C#N)ccc1OC. The molecule has 0 bridgehead atoms. The highest BCUT2D eigenvalue weighted by atomic mass is 16.5. The molecular weight excluding hydrogens is 202 g/mol. The summed E-state index contributed by atoms with van der Waals surface area (Å²) in [5.41, 5.74) is 1.56. The average molecular weight is 219 g/mol. The van der Waals surface area contributed by atoms with Gasteiger partial charge in [0, 0.05) is 12.2 Å². The molecule has 0 amide bonds. The maximum Gasteiger partial charge on any atom is 0.124 e. The van der Waals surface area contributed by atoms with Crippen LogP contribution < -0.4 is 4.74 Å². The molecule has 16 heavy (non-hydrogen) atoms. The molecule has 0 N–H and O–H groups in total. The zero-order valence-corrected chi connectivity index (χ0v) is 9.82. The second-order valence-electron chi connectivity index (χ2n) is 3.54. The van der Waals surface area contributed by atoms with Gasteiger partial charge in [-0.2, -0.15) is 5.26 Å². The second-order valence-corrected chi connectivity index (χ2v) is 3.54. The molecule has 0 saturated heterocycles. The van der Waals surface area contributed by atoms with Crippen LogP contribution in [0.5, 0.6) is 5.75 Å². The van der Waals surface area contributed by atoms with Crippen molar-refractivity contribution in [2.75, 3.05) is 13.7 Å². The van der Waals surface area contributed by atoms with Crippen LogP contribution in [0.25, 0.3) is 0 Å². The summed E-state index contributed by atoms with van der Waals surface area (Å²) in [6.45, 7) is 3.37. The van der Waals surface area contributed by atoms with E-state index in [-0.39, 0.29) is 0 Å². The molecule has 86 valence electrons. The smallest absolute Gasteiger partial charge is 0.124 e. The van der Waals surface area contributed by atoms with Gasteiger partial charge in [0.1, 0.15) is 5.75 Å². The van der Waals surface area contributed by atoms with Crippen LogP contribution in [-0.4, -0.2) is 13.7 Å². The molecule has 3 heteroatoms. The molecule has 0 unspecified atom stereocenters. The highest BCUT2D eigenvalue weighted by Gasteiger charge is 2.04. The maximum absolute atomic E-state index is 8.80. The predicted molar refractivity (Wildman–Crippen MR) is 62.3 cm³/mol. The van der Waals surface area contributed by atoms with E-state index in [0.29, 0.717) is 12.2 Å². The van der Waals surface area contributed by atoms with Gasteiger partial charge in [-0.3, -0.25) is 0 Å². The third-order valence-electron chi connectivity index (χ3n) is 2.31. The van der Waals surface area contributed by atoms with Gasteiger partial charge in [0.2, 0.25) is 0 Å². The Balaban J connectivity index is 2.65. The van der Waals surface area contributed by atoms with E-state index in [1.165, 1.54) is 0 Å². The van der Waals surface area contributed by atoms with Gasteiger partial charge in [0.15, 0.2) is 0 Å². The fourth-order valence-corrected chi connectivity index (χ4v) is 1.39. The van der Waals surface area contributed by atoms with Crippen molar-refractivity contribution in [3.8, 4) is 11.8 Å². The molecule has 1 rings (SSSR count). The van der Waals surface area contributed by atoms with E-state index in [1.54, 1.807) is 19.2 Å². The Labute approximate surface area is 96.6 Å². The third kappa shape index (κ3) is 3.56. The Hall–Kier alpha value is -1.53. The van der Waals surface area contributed by atoms with Crippen LogP contribution in [0.3, 0.4) is 0 Å². The molecule has 0 aromatic heterocycles.